The number of ether oxygens (including phenoxy) is 3. The summed E-state index contributed by atoms with van der Waals surface area (Å²) in [4.78, 5) is 10.8. The van der Waals surface area contributed by atoms with Gasteiger partial charge in [-0.2, -0.15) is 8.78 Å². The second-order valence-corrected chi connectivity index (χ2v) is 3.54. The van der Waals surface area contributed by atoms with Crippen molar-refractivity contribution in [2.75, 3.05) is 19.8 Å². The van der Waals surface area contributed by atoms with Gasteiger partial charge in [0.1, 0.15) is 0 Å². The van der Waals surface area contributed by atoms with E-state index < -0.39 is 12.1 Å². The van der Waals surface area contributed by atoms with E-state index in [1.807, 2.05) is 0 Å². The lowest BCUT2D eigenvalue weighted by atomic mass is 10.1. The molecule has 94 valence electrons. The van der Waals surface area contributed by atoms with E-state index in [1.54, 1.807) is 0 Å². The van der Waals surface area contributed by atoms with Crippen LogP contribution in [0.5, 0.6) is 0 Å². The van der Waals surface area contributed by atoms with Gasteiger partial charge in [-0.15, -0.1) is 0 Å². The molecule has 0 saturated carbocycles. The van der Waals surface area contributed by atoms with Gasteiger partial charge in [-0.25, -0.2) is 4.79 Å². The molecule has 16 heavy (non-hydrogen) atoms. The lowest BCUT2D eigenvalue weighted by molar-refractivity contribution is -0.258. The zero-order valence-corrected chi connectivity index (χ0v) is 9.21. The Morgan fingerprint density at radius 1 is 1.50 bits per heavy atom. The highest BCUT2D eigenvalue weighted by Crippen LogP contribution is 2.20. The van der Waals surface area contributed by atoms with E-state index in [0.29, 0.717) is 13.0 Å². The molecule has 1 rings (SSSR count). The summed E-state index contributed by atoms with van der Waals surface area (Å²) in [6.07, 6.45) is -1.69. The molecule has 0 aromatic heterocycles. The van der Waals surface area contributed by atoms with E-state index in [2.05, 4.69) is 9.47 Å². The van der Waals surface area contributed by atoms with Gasteiger partial charge >= 0.3 is 12.1 Å². The number of alkyl halides is 2. The molecule has 1 aliphatic rings. The number of carbonyl (C=O) groups excluding carboxylic acids is 1. The van der Waals surface area contributed by atoms with Gasteiger partial charge in [0, 0.05) is 6.61 Å². The summed E-state index contributed by atoms with van der Waals surface area (Å²) in [7, 11) is 0. The van der Waals surface area contributed by atoms with Gasteiger partial charge in [-0.05, 0) is 26.2 Å². The maximum atomic E-state index is 13.0. The summed E-state index contributed by atoms with van der Waals surface area (Å²) in [5.41, 5.74) is 0. The molecule has 1 aliphatic heterocycles. The molecule has 4 nitrogen and oxygen atoms in total. The normalized spacial score (nSPS) is 21.8. The topological polar surface area (TPSA) is 44.8 Å². The Morgan fingerprint density at radius 2 is 2.25 bits per heavy atom. The Labute approximate surface area is 92.9 Å². The zero-order valence-electron chi connectivity index (χ0n) is 9.21. The fourth-order valence-corrected chi connectivity index (χ4v) is 1.41. The molecule has 1 heterocycles. The molecule has 0 radical (unpaired) electrons. The summed E-state index contributed by atoms with van der Waals surface area (Å²) in [5, 5.41) is 0. The van der Waals surface area contributed by atoms with E-state index in [0.717, 1.165) is 12.8 Å². The molecule has 0 spiro atoms. The Bertz CT molecular complexity index is 227. The first kappa shape index (κ1) is 13.3. The third kappa shape index (κ3) is 4.02. The first-order valence-corrected chi connectivity index (χ1v) is 5.37. The number of hydrogen-bond donors (Lipinski definition) is 0. The van der Waals surface area contributed by atoms with Crippen LogP contribution in [0.1, 0.15) is 26.2 Å². The quantitative estimate of drug-likeness (QED) is 0.684. The summed E-state index contributed by atoms with van der Waals surface area (Å²) in [6, 6.07) is 0. The van der Waals surface area contributed by atoms with Crippen molar-refractivity contribution >= 4 is 5.97 Å². The number of esters is 1. The zero-order chi connectivity index (χ0) is 12.0. The number of rotatable bonds is 5. The van der Waals surface area contributed by atoms with Crippen molar-refractivity contribution in [3.05, 3.63) is 0 Å². The molecular formula is C10H16F2O4. The van der Waals surface area contributed by atoms with Crippen molar-refractivity contribution in [1.29, 1.82) is 0 Å². The van der Waals surface area contributed by atoms with Crippen LogP contribution >= 0.6 is 0 Å². The van der Waals surface area contributed by atoms with Crippen LogP contribution < -0.4 is 0 Å². The summed E-state index contributed by atoms with van der Waals surface area (Å²) in [5.74, 6) is -1.65. The van der Waals surface area contributed by atoms with Crippen LogP contribution in [0.4, 0.5) is 8.78 Å². The highest BCUT2D eigenvalue weighted by atomic mass is 19.3. The third-order valence-corrected chi connectivity index (χ3v) is 2.24. The minimum Gasteiger partial charge on any atom is -0.460 e. The largest absolute Gasteiger partial charge is 0.460 e. The molecular weight excluding hydrogens is 222 g/mol. The average Bonchev–Trinajstić information content (AvgIpc) is 2.28. The highest BCUT2D eigenvalue weighted by Gasteiger charge is 2.43. The van der Waals surface area contributed by atoms with Gasteiger partial charge in [-0.3, -0.25) is 0 Å². The molecule has 6 heteroatoms. The van der Waals surface area contributed by atoms with Crippen molar-refractivity contribution in [2.45, 2.75) is 38.4 Å². The van der Waals surface area contributed by atoms with Crippen molar-refractivity contribution in [1.82, 2.24) is 0 Å². The van der Waals surface area contributed by atoms with Crippen LogP contribution in [0, 0.1) is 0 Å². The Hall–Kier alpha value is -0.750. The average molecular weight is 238 g/mol. The molecule has 1 unspecified atom stereocenters. The standard InChI is InChI=1S/C10H16F2O4/c1-2-14-9(13)10(11,12)16-7-8-5-3-4-6-15-8/h8H,2-7H2,1H3. The second kappa shape index (κ2) is 6.10. The van der Waals surface area contributed by atoms with E-state index in [4.69, 9.17) is 4.74 Å². The summed E-state index contributed by atoms with van der Waals surface area (Å²) < 4.78 is 39.7. The molecule has 0 aliphatic carbocycles. The first-order chi connectivity index (χ1) is 7.56. The van der Waals surface area contributed by atoms with Crippen molar-refractivity contribution in [3.8, 4) is 0 Å². The summed E-state index contributed by atoms with van der Waals surface area (Å²) >= 11 is 0. The summed E-state index contributed by atoms with van der Waals surface area (Å²) in [6.45, 7) is 1.63. The van der Waals surface area contributed by atoms with Gasteiger partial charge in [0.25, 0.3) is 0 Å². The van der Waals surface area contributed by atoms with Crippen LogP contribution in [0.2, 0.25) is 0 Å². The number of hydrogen-bond acceptors (Lipinski definition) is 4. The van der Waals surface area contributed by atoms with Crippen LogP contribution in [-0.4, -0.2) is 38.0 Å². The lowest BCUT2D eigenvalue weighted by Crippen LogP contribution is -2.37. The molecule has 0 bridgehead atoms. The molecule has 1 fully saturated rings. The Kier molecular flexibility index (Phi) is 5.08. The maximum Gasteiger partial charge on any atom is 0.456 e. The molecule has 0 aromatic carbocycles. The Morgan fingerprint density at radius 3 is 2.81 bits per heavy atom. The highest BCUT2D eigenvalue weighted by molar-refractivity contribution is 5.75. The monoisotopic (exact) mass is 238 g/mol. The van der Waals surface area contributed by atoms with E-state index >= 15 is 0 Å². The lowest BCUT2D eigenvalue weighted by Gasteiger charge is -2.24. The van der Waals surface area contributed by atoms with Crippen molar-refractivity contribution < 1.29 is 27.8 Å². The minimum atomic E-state index is -3.88. The minimum absolute atomic E-state index is 0.0995. The fraction of sp³-hybridized carbons (Fsp3) is 0.900. The Balaban J connectivity index is 2.31. The van der Waals surface area contributed by atoms with Gasteiger partial charge in [0.05, 0.1) is 19.3 Å². The molecule has 0 N–H and O–H groups in total. The number of halogens is 2. The van der Waals surface area contributed by atoms with Crippen molar-refractivity contribution in [3.63, 3.8) is 0 Å². The smallest absolute Gasteiger partial charge is 0.456 e. The van der Waals surface area contributed by atoms with Gasteiger partial charge in [0.2, 0.25) is 0 Å². The molecule has 0 aromatic rings. The van der Waals surface area contributed by atoms with Gasteiger partial charge in [-0.1, -0.05) is 0 Å². The van der Waals surface area contributed by atoms with Crippen LogP contribution in [0.15, 0.2) is 0 Å². The predicted molar refractivity (Wildman–Crippen MR) is 51.1 cm³/mol. The van der Waals surface area contributed by atoms with E-state index in [1.165, 1.54) is 6.92 Å². The van der Waals surface area contributed by atoms with Crippen LogP contribution in [0.3, 0.4) is 0 Å². The fourth-order valence-electron chi connectivity index (χ4n) is 1.41. The van der Waals surface area contributed by atoms with E-state index in [-0.39, 0.29) is 19.3 Å². The maximum absolute atomic E-state index is 13.0. The van der Waals surface area contributed by atoms with E-state index in [9.17, 15) is 13.6 Å². The number of carbonyl (C=O) groups is 1. The van der Waals surface area contributed by atoms with Gasteiger partial charge < -0.3 is 14.2 Å². The SMILES string of the molecule is CCOC(=O)C(F)(F)OCC1CCCCO1. The van der Waals surface area contributed by atoms with Crippen LogP contribution in [0.25, 0.3) is 0 Å². The van der Waals surface area contributed by atoms with Crippen molar-refractivity contribution in [2.24, 2.45) is 0 Å². The predicted octanol–water partition coefficient (Wildman–Crippen LogP) is 1.73. The van der Waals surface area contributed by atoms with Crippen LogP contribution in [-0.2, 0) is 19.0 Å². The molecule has 1 atom stereocenters. The molecule has 1 saturated heterocycles. The first-order valence-electron chi connectivity index (χ1n) is 5.37. The van der Waals surface area contributed by atoms with Gasteiger partial charge in [0.15, 0.2) is 0 Å². The molecule has 0 amide bonds. The third-order valence-electron chi connectivity index (χ3n) is 2.24. The second-order valence-electron chi connectivity index (χ2n) is 3.54.